The van der Waals surface area contributed by atoms with Gasteiger partial charge in [-0.15, -0.1) is 0 Å². The van der Waals surface area contributed by atoms with Crippen molar-refractivity contribution < 1.29 is 9.13 Å². The Hall–Kier alpha value is -3.63. The summed E-state index contributed by atoms with van der Waals surface area (Å²) in [5.41, 5.74) is 3.38. The van der Waals surface area contributed by atoms with Gasteiger partial charge in [0, 0.05) is 51.1 Å². The monoisotopic (exact) mass is 533 g/mol. The van der Waals surface area contributed by atoms with Crippen LogP contribution in [0.15, 0.2) is 65.8 Å². The highest BCUT2D eigenvalue weighted by atomic mass is 32.2. The number of hydrogen-bond donors (Lipinski definition) is 1. The summed E-state index contributed by atoms with van der Waals surface area (Å²) < 4.78 is 26.7. The molecule has 1 aliphatic rings. The lowest BCUT2D eigenvalue weighted by atomic mass is 9.95. The van der Waals surface area contributed by atoms with E-state index in [9.17, 15) is 0 Å². The summed E-state index contributed by atoms with van der Waals surface area (Å²) in [4.78, 5) is 14.6. The number of piperazine rings is 1. The quantitative estimate of drug-likeness (QED) is 0.285. The van der Waals surface area contributed by atoms with Gasteiger partial charge >= 0.3 is 0 Å². The van der Waals surface area contributed by atoms with Crippen LogP contribution in [0.25, 0.3) is 11.3 Å². The van der Waals surface area contributed by atoms with Crippen molar-refractivity contribution in [1.82, 2.24) is 24.6 Å². The summed E-state index contributed by atoms with van der Waals surface area (Å²) in [6, 6.07) is 15.2. The van der Waals surface area contributed by atoms with Gasteiger partial charge in [0.2, 0.25) is 11.8 Å². The number of ether oxygens (including phenoxy) is 1. The second-order valence-electron chi connectivity index (χ2n) is 9.69. The molecule has 1 fully saturated rings. The molecule has 0 atom stereocenters. The summed E-state index contributed by atoms with van der Waals surface area (Å²) in [7, 11) is 3.94. The number of likely N-dealkylation sites (N-methyl/N-ethyl adjacent to an activating group) is 1. The Bertz CT molecular complexity index is 1400. The molecule has 0 unspecified atom stereocenters. The predicted molar refractivity (Wildman–Crippen MR) is 150 cm³/mol. The predicted octanol–water partition coefficient (Wildman–Crippen LogP) is 5.80. The van der Waals surface area contributed by atoms with Crippen LogP contribution in [0.2, 0.25) is 0 Å². The van der Waals surface area contributed by atoms with Crippen molar-refractivity contribution in [3.63, 3.8) is 0 Å². The number of nitrogens with one attached hydrogen (secondary N) is 1. The number of aryl methyl sites for hydroxylation is 1. The van der Waals surface area contributed by atoms with Gasteiger partial charge in [-0.3, -0.25) is 9.40 Å². The van der Waals surface area contributed by atoms with Crippen LogP contribution in [0.4, 0.5) is 16.0 Å². The smallest absolute Gasteiger partial charge is 0.237 e. The fourth-order valence-electron chi connectivity index (χ4n) is 4.43. The van der Waals surface area contributed by atoms with E-state index < -0.39 is 0 Å². The lowest BCUT2D eigenvalue weighted by Crippen LogP contribution is -2.44. The fourth-order valence-corrected chi connectivity index (χ4v) is 5.04. The van der Waals surface area contributed by atoms with E-state index in [4.69, 9.17) is 9.72 Å². The first kappa shape index (κ1) is 26.0. The summed E-state index contributed by atoms with van der Waals surface area (Å²) >= 11 is 1.35. The summed E-state index contributed by atoms with van der Waals surface area (Å²) in [6.45, 7) is 7.60. The van der Waals surface area contributed by atoms with Gasteiger partial charge < -0.3 is 14.5 Å². The highest BCUT2D eigenvalue weighted by Crippen LogP contribution is 2.35. The number of benzene rings is 2. The first-order valence-electron chi connectivity index (χ1n) is 12.7. The molecule has 8 nitrogen and oxygen atoms in total. The second kappa shape index (κ2) is 11.4. The molecule has 10 heteroatoms. The molecule has 0 spiro atoms. The van der Waals surface area contributed by atoms with E-state index in [1.165, 1.54) is 11.9 Å². The molecule has 0 radical (unpaired) electrons. The van der Waals surface area contributed by atoms with Gasteiger partial charge in [0.05, 0.1) is 22.5 Å². The van der Waals surface area contributed by atoms with Crippen molar-refractivity contribution in [3.05, 3.63) is 72.3 Å². The second-order valence-corrected chi connectivity index (χ2v) is 10.6. The molecule has 2 aromatic heterocycles. The van der Waals surface area contributed by atoms with Crippen molar-refractivity contribution >= 4 is 23.6 Å². The number of halogens is 1. The van der Waals surface area contributed by atoms with E-state index in [1.54, 1.807) is 29.1 Å². The minimum absolute atomic E-state index is 0.133. The fraction of sp³-hybridized carbons (Fsp3) is 0.321. The maximum Gasteiger partial charge on any atom is 0.237 e. The van der Waals surface area contributed by atoms with Gasteiger partial charge in [-0.25, -0.2) is 9.37 Å². The maximum atomic E-state index is 15.7. The van der Waals surface area contributed by atoms with Crippen LogP contribution in [0.3, 0.4) is 0 Å². The Balaban J connectivity index is 1.48. The zero-order valence-corrected chi connectivity index (χ0v) is 22.9. The van der Waals surface area contributed by atoms with E-state index in [0.717, 1.165) is 42.2 Å². The molecule has 38 heavy (non-hydrogen) atoms. The molecule has 0 bridgehead atoms. The van der Waals surface area contributed by atoms with E-state index >= 15 is 4.39 Å². The number of rotatable bonds is 8. The molecule has 1 aliphatic heterocycles. The molecule has 2 aromatic carbocycles. The van der Waals surface area contributed by atoms with Crippen LogP contribution in [0.1, 0.15) is 25.3 Å². The topological polar surface area (TPSA) is 71.3 Å². The SMILES string of the molecule is CC(C)c1ccccc1-c1cc(Oc2cccc(N3CCN(C)CC3)c2F)nc(NSc2cnn(C)c2)n1. The van der Waals surface area contributed by atoms with Crippen LogP contribution in [0.5, 0.6) is 11.6 Å². The summed E-state index contributed by atoms with van der Waals surface area (Å²) in [5.74, 6) is 0.662. The molecule has 198 valence electrons. The third-order valence-corrected chi connectivity index (χ3v) is 7.24. The van der Waals surface area contributed by atoms with Gasteiger partial charge in [-0.05, 0) is 42.6 Å². The van der Waals surface area contributed by atoms with E-state index in [0.29, 0.717) is 23.2 Å². The molecular weight excluding hydrogens is 501 g/mol. The van der Waals surface area contributed by atoms with Gasteiger partial charge in [-0.2, -0.15) is 10.1 Å². The summed E-state index contributed by atoms with van der Waals surface area (Å²) in [6.07, 6.45) is 3.65. The van der Waals surface area contributed by atoms with Crippen LogP contribution < -0.4 is 14.4 Å². The molecule has 0 saturated carbocycles. The van der Waals surface area contributed by atoms with Gasteiger partial charge in [-0.1, -0.05) is 44.2 Å². The van der Waals surface area contributed by atoms with Crippen molar-refractivity contribution in [3.8, 4) is 22.9 Å². The first-order chi connectivity index (χ1) is 18.4. The molecular formula is C28H32FN7OS. The van der Waals surface area contributed by atoms with E-state index in [1.807, 2.05) is 37.5 Å². The number of hydrogen-bond acceptors (Lipinski definition) is 8. The Morgan fingerprint density at radius 1 is 1.00 bits per heavy atom. The highest BCUT2D eigenvalue weighted by molar-refractivity contribution is 8.00. The lowest BCUT2D eigenvalue weighted by Gasteiger charge is -2.34. The molecule has 4 aromatic rings. The minimum Gasteiger partial charge on any atom is -0.436 e. The van der Waals surface area contributed by atoms with Crippen LogP contribution in [0, 0.1) is 5.82 Å². The normalized spacial score (nSPS) is 14.2. The van der Waals surface area contributed by atoms with E-state index in [2.05, 4.69) is 51.6 Å². The first-order valence-corrected chi connectivity index (χ1v) is 13.5. The van der Waals surface area contributed by atoms with Gasteiger partial charge in [0.25, 0.3) is 0 Å². The van der Waals surface area contributed by atoms with Crippen molar-refractivity contribution in [2.45, 2.75) is 24.7 Å². The Morgan fingerprint density at radius 2 is 1.79 bits per heavy atom. The standard InChI is InChI=1S/C28H32FN7OS/c1-19(2)21-8-5-6-9-22(21)23-16-26(32-28(31-23)33-38-20-17-30-35(4)18-20)37-25-11-7-10-24(27(25)29)36-14-12-34(3)13-15-36/h5-11,16-19H,12-15H2,1-4H3,(H,31,32,33). The maximum absolute atomic E-state index is 15.7. The largest absolute Gasteiger partial charge is 0.436 e. The Morgan fingerprint density at radius 3 is 2.53 bits per heavy atom. The molecule has 0 aliphatic carbocycles. The van der Waals surface area contributed by atoms with Crippen LogP contribution in [-0.4, -0.2) is 57.9 Å². The Labute approximate surface area is 227 Å². The molecule has 1 saturated heterocycles. The third kappa shape index (κ3) is 5.92. The van der Waals surface area contributed by atoms with Gasteiger partial charge in [0.1, 0.15) is 0 Å². The van der Waals surface area contributed by atoms with Crippen molar-refractivity contribution in [2.75, 3.05) is 42.8 Å². The zero-order chi connectivity index (χ0) is 26.6. The van der Waals surface area contributed by atoms with Gasteiger partial charge in [0.15, 0.2) is 11.6 Å². The zero-order valence-electron chi connectivity index (χ0n) is 22.1. The molecule has 5 rings (SSSR count). The number of nitrogens with zero attached hydrogens (tertiary/aromatic N) is 6. The highest BCUT2D eigenvalue weighted by Gasteiger charge is 2.21. The van der Waals surface area contributed by atoms with E-state index in [-0.39, 0.29) is 17.4 Å². The average molecular weight is 534 g/mol. The number of aromatic nitrogens is 4. The van der Waals surface area contributed by atoms with Crippen molar-refractivity contribution in [2.24, 2.45) is 7.05 Å². The number of anilines is 2. The minimum atomic E-state index is -0.390. The Kier molecular flexibility index (Phi) is 7.80. The van der Waals surface area contributed by atoms with Crippen LogP contribution in [-0.2, 0) is 7.05 Å². The van der Waals surface area contributed by atoms with Crippen LogP contribution >= 0.6 is 11.9 Å². The van der Waals surface area contributed by atoms with Crippen molar-refractivity contribution in [1.29, 1.82) is 0 Å². The molecule has 0 amide bonds. The summed E-state index contributed by atoms with van der Waals surface area (Å²) in [5, 5.41) is 4.20. The average Bonchev–Trinajstić information content (AvgIpc) is 3.34. The third-order valence-electron chi connectivity index (χ3n) is 6.50. The molecule has 1 N–H and O–H groups in total. The molecule has 3 heterocycles. The lowest BCUT2D eigenvalue weighted by molar-refractivity contribution is 0.311.